The van der Waals surface area contributed by atoms with Gasteiger partial charge in [0.25, 0.3) is 0 Å². The Morgan fingerprint density at radius 2 is 1.62 bits per heavy atom. The fourth-order valence-corrected chi connectivity index (χ4v) is 1.55. The van der Waals surface area contributed by atoms with Gasteiger partial charge in [-0.25, -0.2) is 5.01 Å². The Morgan fingerprint density at radius 1 is 1.08 bits per heavy atom. The van der Waals surface area contributed by atoms with E-state index in [0.29, 0.717) is 0 Å². The zero-order chi connectivity index (χ0) is 10.3. The minimum atomic E-state index is 1.14. The molecule has 0 aliphatic carbocycles. The van der Waals surface area contributed by atoms with E-state index in [9.17, 15) is 0 Å². The van der Waals surface area contributed by atoms with Gasteiger partial charge in [0.1, 0.15) is 0 Å². The van der Waals surface area contributed by atoms with Gasteiger partial charge < -0.3 is 5.01 Å². The molecule has 0 amide bonds. The second-order valence-corrected chi connectivity index (χ2v) is 3.30. The van der Waals surface area contributed by atoms with Crippen molar-refractivity contribution in [1.29, 1.82) is 0 Å². The normalized spacial score (nSPS) is 18.6. The lowest BCUT2D eigenvalue weighted by molar-refractivity contribution is 0.0485. The first-order chi connectivity index (χ1) is 6.22. The van der Waals surface area contributed by atoms with Crippen molar-refractivity contribution in [2.45, 2.75) is 40.0 Å². The summed E-state index contributed by atoms with van der Waals surface area (Å²) < 4.78 is 0. The Bertz CT molecular complexity index is 143. The molecule has 0 saturated carbocycles. The molecule has 0 aromatic heterocycles. The molecule has 0 aromatic carbocycles. The van der Waals surface area contributed by atoms with E-state index in [2.05, 4.69) is 30.6 Å². The highest BCUT2D eigenvalue weighted by Crippen LogP contribution is 2.12. The fourth-order valence-electron chi connectivity index (χ4n) is 1.55. The highest BCUT2D eigenvalue weighted by atomic mass is 15.6. The molecule has 2 nitrogen and oxygen atoms in total. The minimum Gasteiger partial charge on any atom is -0.311 e. The summed E-state index contributed by atoms with van der Waals surface area (Å²) in [6.07, 6.45) is 3.98. The van der Waals surface area contributed by atoms with Crippen LogP contribution in [0.15, 0.2) is 12.3 Å². The number of hydrazine groups is 1. The van der Waals surface area contributed by atoms with Gasteiger partial charge in [-0.2, -0.15) is 0 Å². The molecule has 1 saturated heterocycles. The largest absolute Gasteiger partial charge is 0.311 e. The molecule has 1 rings (SSSR count). The molecule has 0 radical (unpaired) electrons. The van der Waals surface area contributed by atoms with Gasteiger partial charge in [-0.1, -0.05) is 26.8 Å². The molecule has 1 fully saturated rings. The second kappa shape index (κ2) is 6.96. The van der Waals surface area contributed by atoms with Gasteiger partial charge in [0.15, 0.2) is 0 Å². The molecule has 78 valence electrons. The molecular weight excluding hydrogens is 160 g/mol. The van der Waals surface area contributed by atoms with Gasteiger partial charge >= 0.3 is 0 Å². The van der Waals surface area contributed by atoms with Crippen LogP contribution in [0.4, 0.5) is 0 Å². The minimum absolute atomic E-state index is 1.14. The van der Waals surface area contributed by atoms with Crippen molar-refractivity contribution in [3.05, 3.63) is 12.3 Å². The average molecular weight is 184 g/mol. The average Bonchev–Trinajstić information content (AvgIpc) is 2.33. The molecule has 0 atom stereocenters. The van der Waals surface area contributed by atoms with E-state index in [0.717, 1.165) is 12.2 Å². The molecule has 0 spiro atoms. The predicted octanol–water partition coefficient (Wildman–Crippen LogP) is 2.88. The molecule has 1 aliphatic heterocycles. The van der Waals surface area contributed by atoms with Gasteiger partial charge in [0.05, 0.1) is 0 Å². The van der Waals surface area contributed by atoms with Crippen LogP contribution >= 0.6 is 0 Å². The topological polar surface area (TPSA) is 6.48 Å². The third-order valence-electron chi connectivity index (χ3n) is 2.20. The number of hydrogen-bond donors (Lipinski definition) is 0. The van der Waals surface area contributed by atoms with Crippen molar-refractivity contribution < 1.29 is 0 Å². The first-order valence-corrected chi connectivity index (χ1v) is 5.36. The Hall–Kier alpha value is -0.500. The highest BCUT2D eigenvalue weighted by molar-refractivity contribution is 4.87. The van der Waals surface area contributed by atoms with Crippen LogP contribution in [-0.4, -0.2) is 30.2 Å². The van der Waals surface area contributed by atoms with E-state index in [4.69, 9.17) is 0 Å². The first-order valence-electron chi connectivity index (χ1n) is 5.36. The van der Waals surface area contributed by atoms with Crippen molar-refractivity contribution in [1.82, 2.24) is 10.0 Å². The SMILES string of the molecule is C=C(C)N1CCCCCN1C.CC. The number of allylic oxidation sites excluding steroid dienone is 1. The van der Waals surface area contributed by atoms with Crippen LogP contribution in [0.1, 0.15) is 40.0 Å². The zero-order valence-electron chi connectivity index (χ0n) is 9.64. The standard InChI is InChI=1S/C9H18N2.C2H6/c1-9(2)11-8-6-4-5-7-10(11)3;1-2/h1,4-8H2,2-3H3;1-2H3. The van der Waals surface area contributed by atoms with Crippen LogP contribution < -0.4 is 0 Å². The van der Waals surface area contributed by atoms with Crippen molar-refractivity contribution in [2.24, 2.45) is 0 Å². The third-order valence-corrected chi connectivity index (χ3v) is 2.20. The highest BCUT2D eigenvalue weighted by Gasteiger charge is 2.12. The predicted molar refractivity (Wildman–Crippen MR) is 59.3 cm³/mol. The Labute approximate surface area is 83.2 Å². The number of nitrogens with zero attached hydrogens (tertiary/aromatic N) is 2. The van der Waals surface area contributed by atoms with Crippen LogP contribution in [0.5, 0.6) is 0 Å². The molecule has 0 unspecified atom stereocenters. The van der Waals surface area contributed by atoms with Crippen LogP contribution in [0, 0.1) is 0 Å². The molecule has 2 heteroatoms. The molecule has 13 heavy (non-hydrogen) atoms. The lowest BCUT2D eigenvalue weighted by atomic mass is 10.2. The molecule has 1 aliphatic rings. The lowest BCUT2D eigenvalue weighted by Crippen LogP contribution is -2.37. The quantitative estimate of drug-likeness (QED) is 0.618. The second-order valence-electron chi connectivity index (χ2n) is 3.30. The van der Waals surface area contributed by atoms with E-state index < -0.39 is 0 Å². The lowest BCUT2D eigenvalue weighted by Gasteiger charge is -2.31. The number of rotatable bonds is 1. The van der Waals surface area contributed by atoms with Crippen molar-refractivity contribution in [3.63, 3.8) is 0 Å². The van der Waals surface area contributed by atoms with Crippen LogP contribution in [0.25, 0.3) is 0 Å². The summed E-state index contributed by atoms with van der Waals surface area (Å²) in [7, 11) is 2.14. The van der Waals surface area contributed by atoms with Gasteiger partial charge in [-0.15, -0.1) is 0 Å². The Morgan fingerprint density at radius 3 is 2.15 bits per heavy atom. The van der Waals surface area contributed by atoms with E-state index >= 15 is 0 Å². The Kier molecular flexibility index (Phi) is 6.69. The van der Waals surface area contributed by atoms with Crippen molar-refractivity contribution >= 4 is 0 Å². The molecular formula is C11H24N2. The number of hydrogen-bond acceptors (Lipinski definition) is 2. The van der Waals surface area contributed by atoms with E-state index in [1.54, 1.807) is 0 Å². The smallest absolute Gasteiger partial charge is 0.0342 e. The van der Waals surface area contributed by atoms with Crippen molar-refractivity contribution in [2.75, 3.05) is 20.1 Å². The van der Waals surface area contributed by atoms with E-state index in [1.807, 2.05) is 13.8 Å². The third kappa shape index (κ3) is 4.32. The van der Waals surface area contributed by atoms with Crippen molar-refractivity contribution in [3.8, 4) is 0 Å². The summed E-state index contributed by atoms with van der Waals surface area (Å²) in [6.45, 7) is 12.3. The maximum Gasteiger partial charge on any atom is 0.0342 e. The van der Waals surface area contributed by atoms with Gasteiger partial charge in [-0.05, 0) is 19.8 Å². The summed E-state index contributed by atoms with van der Waals surface area (Å²) in [4.78, 5) is 0. The van der Waals surface area contributed by atoms with Gasteiger partial charge in [0, 0.05) is 25.8 Å². The molecule has 0 aromatic rings. The van der Waals surface area contributed by atoms with Crippen LogP contribution in [0.2, 0.25) is 0 Å². The van der Waals surface area contributed by atoms with Crippen LogP contribution in [-0.2, 0) is 0 Å². The summed E-state index contributed by atoms with van der Waals surface area (Å²) in [5.74, 6) is 0. The molecule has 0 N–H and O–H groups in total. The fraction of sp³-hybridized carbons (Fsp3) is 0.818. The zero-order valence-corrected chi connectivity index (χ0v) is 9.64. The summed E-state index contributed by atoms with van der Waals surface area (Å²) >= 11 is 0. The molecule has 1 heterocycles. The molecule has 0 bridgehead atoms. The van der Waals surface area contributed by atoms with Crippen LogP contribution in [0.3, 0.4) is 0 Å². The van der Waals surface area contributed by atoms with Gasteiger partial charge in [-0.3, -0.25) is 0 Å². The Balaban J connectivity index is 0.000000671. The summed E-state index contributed by atoms with van der Waals surface area (Å²) in [5, 5.41) is 4.54. The first kappa shape index (κ1) is 12.5. The van der Waals surface area contributed by atoms with E-state index in [-0.39, 0.29) is 0 Å². The van der Waals surface area contributed by atoms with E-state index in [1.165, 1.54) is 25.8 Å². The maximum absolute atomic E-state index is 3.96. The summed E-state index contributed by atoms with van der Waals surface area (Å²) in [5.41, 5.74) is 1.16. The maximum atomic E-state index is 3.96. The summed E-state index contributed by atoms with van der Waals surface area (Å²) in [6, 6.07) is 0. The monoisotopic (exact) mass is 184 g/mol. The van der Waals surface area contributed by atoms with Gasteiger partial charge in [0.2, 0.25) is 0 Å².